The highest BCUT2D eigenvalue weighted by Crippen LogP contribution is 2.29. The second kappa shape index (κ2) is 10.00. The summed E-state index contributed by atoms with van der Waals surface area (Å²) in [5.41, 5.74) is 3.52. The molecule has 184 valence electrons. The fourth-order valence-corrected chi connectivity index (χ4v) is 4.31. The minimum absolute atomic E-state index is 0.0738. The maximum Gasteiger partial charge on any atom is 0.394 e. The van der Waals surface area contributed by atoms with E-state index in [4.69, 9.17) is 4.74 Å². The summed E-state index contributed by atoms with van der Waals surface area (Å²) < 4.78 is 36.5. The molecule has 2 unspecified atom stereocenters. The van der Waals surface area contributed by atoms with E-state index >= 15 is 0 Å². The van der Waals surface area contributed by atoms with Crippen LogP contribution in [-0.2, 0) is 4.74 Å². The van der Waals surface area contributed by atoms with Crippen molar-refractivity contribution < 1.29 is 23.0 Å². The lowest BCUT2D eigenvalue weighted by atomic mass is 9.96. The molecule has 1 fully saturated rings. The highest BCUT2D eigenvalue weighted by molar-refractivity contribution is 6.06. The number of carbonyl (C=O) groups is 1. The first-order chi connectivity index (χ1) is 16.6. The maximum absolute atomic E-state index is 13.1. The molecule has 0 spiro atoms. The molecule has 2 aromatic carbocycles. The Morgan fingerprint density at radius 3 is 2.37 bits per heavy atom. The fourth-order valence-electron chi connectivity index (χ4n) is 4.31. The molecule has 0 aliphatic carbocycles. The number of carbonyl (C=O) groups excluding carboxylic acids is 1. The van der Waals surface area contributed by atoms with Crippen LogP contribution in [0.2, 0.25) is 0 Å². The van der Waals surface area contributed by atoms with Crippen LogP contribution in [0.3, 0.4) is 0 Å². The smallest absolute Gasteiger partial charge is 0.394 e. The third-order valence-electron chi connectivity index (χ3n) is 5.79. The number of alkyl halides is 2. The SMILES string of the molecule is Cc1c(C(=O)Nc2ccc(N3CC(C)OC(C)C3)nc2)cccc1-c1ccc(OC(C)(F)F)cc1. The predicted molar refractivity (Wildman–Crippen MR) is 132 cm³/mol. The monoisotopic (exact) mass is 481 g/mol. The van der Waals surface area contributed by atoms with Crippen LogP contribution in [-0.4, -0.2) is 42.3 Å². The van der Waals surface area contributed by atoms with Crippen molar-refractivity contribution >= 4 is 17.4 Å². The van der Waals surface area contributed by atoms with Crippen molar-refractivity contribution in [3.63, 3.8) is 0 Å². The molecule has 6 nitrogen and oxygen atoms in total. The Morgan fingerprint density at radius 2 is 1.77 bits per heavy atom. The molecule has 3 aromatic rings. The van der Waals surface area contributed by atoms with Crippen LogP contribution in [0.1, 0.15) is 36.7 Å². The number of hydrogen-bond donors (Lipinski definition) is 1. The highest BCUT2D eigenvalue weighted by Gasteiger charge is 2.24. The zero-order valence-electron chi connectivity index (χ0n) is 20.2. The van der Waals surface area contributed by atoms with Gasteiger partial charge >= 0.3 is 6.11 Å². The summed E-state index contributed by atoms with van der Waals surface area (Å²) in [6.07, 6.45) is -1.33. The van der Waals surface area contributed by atoms with Crippen LogP contribution >= 0.6 is 0 Å². The number of anilines is 2. The van der Waals surface area contributed by atoms with Gasteiger partial charge in [-0.15, -0.1) is 0 Å². The van der Waals surface area contributed by atoms with E-state index in [0.29, 0.717) is 18.2 Å². The number of hydrogen-bond acceptors (Lipinski definition) is 5. The molecule has 8 heteroatoms. The number of nitrogens with zero attached hydrogens (tertiary/aromatic N) is 2. The zero-order chi connectivity index (χ0) is 25.2. The summed E-state index contributed by atoms with van der Waals surface area (Å²) in [7, 11) is 0. The van der Waals surface area contributed by atoms with Crippen molar-refractivity contribution in [1.82, 2.24) is 4.98 Å². The lowest BCUT2D eigenvalue weighted by molar-refractivity contribution is -0.158. The quantitative estimate of drug-likeness (QED) is 0.474. The lowest BCUT2D eigenvalue weighted by Gasteiger charge is -2.36. The van der Waals surface area contributed by atoms with Gasteiger partial charge in [-0.2, -0.15) is 8.78 Å². The van der Waals surface area contributed by atoms with Crippen LogP contribution in [0.25, 0.3) is 11.1 Å². The molecule has 1 N–H and O–H groups in total. The van der Waals surface area contributed by atoms with Gasteiger partial charge in [0.05, 0.1) is 24.1 Å². The zero-order valence-corrected chi connectivity index (χ0v) is 20.2. The van der Waals surface area contributed by atoms with Crippen LogP contribution in [0.4, 0.5) is 20.3 Å². The van der Waals surface area contributed by atoms with Gasteiger partial charge in [0.15, 0.2) is 0 Å². The van der Waals surface area contributed by atoms with E-state index in [1.54, 1.807) is 30.5 Å². The van der Waals surface area contributed by atoms with Gasteiger partial charge in [0, 0.05) is 25.6 Å². The molecule has 1 aliphatic heterocycles. The fraction of sp³-hybridized carbons (Fsp3) is 0.333. The number of morpholine rings is 1. The molecule has 1 saturated heterocycles. The molecule has 4 rings (SSSR count). The molecule has 1 amide bonds. The minimum atomic E-state index is -3.25. The van der Waals surface area contributed by atoms with E-state index in [0.717, 1.165) is 35.6 Å². The number of aromatic nitrogens is 1. The number of pyridine rings is 1. The summed E-state index contributed by atoms with van der Waals surface area (Å²) in [4.78, 5) is 19.7. The van der Waals surface area contributed by atoms with Gasteiger partial charge in [-0.25, -0.2) is 4.98 Å². The van der Waals surface area contributed by atoms with Crippen LogP contribution in [0, 0.1) is 6.92 Å². The minimum Gasteiger partial charge on any atom is -0.433 e. The van der Waals surface area contributed by atoms with Gasteiger partial charge in [-0.05, 0) is 67.8 Å². The molecule has 35 heavy (non-hydrogen) atoms. The summed E-state index contributed by atoms with van der Waals surface area (Å²) in [6.45, 7) is 8.17. The van der Waals surface area contributed by atoms with Crippen LogP contribution in [0.5, 0.6) is 5.75 Å². The van der Waals surface area contributed by atoms with Gasteiger partial charge in [-0.3, -0.25) is 4.79 Å². The molecule has 0 bridgehead atoms. The third-order valence-corrected chi connectivity index (χ3v) is 5.79. The van der Waals surface area contributed by atoms with E-state index in [9.17, 15) is 13.6 Å². The van der Waals surface area contributed by atoms with E-state index in [-0.39, 0.29) is 23.9 Å². The molecule has 1 aliphatic rings. The molecular formula is C27H29F2N3O3. The Bertz CT molecular complexity index is 1170. The number of ether oxygens (including phenoxy) is 2. The molecule has 2 atom stereocenters. The molecule has 2 heterocycles. The lowest BCUT2D eigenvalue weighted by Crippen LogP contribution is -2.45. The van der Waals surface area contributed by atoms with Gasteiger partial charge < -0.3 is 19.7 Å². The molecular weight excluding hydrogens is 452 g/mol. The van der Waals surface area contributed by atoms with Crippen LogP contribution < -0.4 is 15.0 Å². The van der Waals surface area contributed by atoms with E-state index < -0.39 is 6.11 Å². The highest BCUT2D eigenvalue weighted by atomic mass is 19.3. The van der Waals surface area contributed by atoms with Crippen LogP contribution in [0.15, 0.2) is 60.8 Å². The van der Waals surface area contributed by atoms with E-state index in [1.165, 1.54) is 12.1 Å². The van der Waals surface area contributed by atoms with Gasteiger partial charge in [0.2, 0.25) is 0 Å². The summed E-state index contributed by atoms with van der Waals surface area (Å²) in [5, 5.41) is 2.91. The van der Waals surface area contributed by atoms with Gasteiger partial charge in [-0.1, -0.05) is 24.3 Å². The topological polar surface area (TPSA) is 63.7 Å². The predicted octanol–water partition coefficient (Wildman–Crippen LogP) is 5.91. The summed E-state index contributed by atoms with van der Waals surface area (Å²) in [5.74, 6) is 0.666. The van der Waals surface area contributed by atoms with Crippen molar-refractivity contribution in [2.45, 2.75) is 46.0 Å². The number of amides is 1. The van der Waals surface area contributed by atoms with Gasteiger partial charge in [0.1, 0.15) is 11.6 Å². The van der Waals surface area contributed by atoms with Crippen molar-refractivity contribution in [1.29, 1.82) is 0 Å². The van der Waals surface area contributed by atoms with Crippen molar-refractivity contribution in [2.24, 2.45) is 0 Å². The molecule has 1 aromatic heterocycles. The first-order valence-corrected chi connectivity index (χ1v) is 11.5. The number of halogens is 2. The van der Waals surface area contributed by atoms with E-state index in [2.05, 4.69) is 19.9 Å². The Labute approximate surface area is 203 Å². The van der Waals surface area contributed by atoms with Gasteiger partial charge in [0.25, 0.3) is 5.91 Å². The molecule has 0 radical (unpaired) electrons. The third kappa shape index (κ3) is 6.14. The normalized spacial score (nSPS) is 18.3. The standard InChI is InChI=1S/C27H29F2N3O3/c1-17-15-32(16-18(2)34-17)25-13-10-21(14-30-25)31-26(33)24-7-5-6-23(19(24)3)20-8-11-22(12-9-20)35-27(4,28)29/h5-14,17-18H,15-16H2,1-4H3,(H,31,33). The second-order valence-corrected chi connectivity index (χ2v) is 8.93. The Kier molecular flexibility index (Phi) is 7.03. The molecule has 0 saturated carbocycles. The van der Waals surface area contributed by atoms with Crippen molar-refractivity contribution in [3.05, 3.63) is 71.9 Å². The Morgan fingerprint density at radius 1 is 1.09 bits per heavy atom. The van der Waals surface area contributed by atoms with Crippen molar-refractivity contribution in [2.75, 3.05) is 23.3 Å². The number of rotatable bonds is 6. The maximum atomic E-state index is 13.1. The van der Waals surface area contributed by atoms with Crippen molar-refractivity contribution in [3.8, 4) is 16.9 Å². The second-order valence-electron chi connectivity index (χ2n) is 8.93. The number of nitrogens with one attached hydrogen (secondary N) is 1. The Balaban J connectivity index is 1.47. The average molecular weight is 482 g/mol. The summed E-state index contributed by atoms with van der Waals surface area (Å²) >= 11 is 0. The largest absolute Gasteiger partial charge is 0.433 e. The average Bonchev–Trinajstić information content (AvgIpc) is 2.79. The first-order valence-electron chi connectivity index (χ1n) is 11.5. The Hall–Kier alpha value is -3.52. The number of benzene rings is 2. The van der Waals surface area contributed by atoms with E-state index in [1.807, 2.05) is 39.0 Å². The first kappa shape index (κ1) is 24.6. The summed E-state index contributed by atoms with van der Waals surface area (Å²) in [6, 6.07) is 15.5.